The lowest BCUT2D eigenvalue weighted by Crippen LogP contribution is -2.09. The second-order valence-electron chi connectivity index (χ2n) is 4.10. The maximum absolute atomic E-state index is 10.3. The van der Waals surface area contributed by atoms with Crippen molar-refractivity contribution in [3.63, 3.8) is 0 Å². The summed E-state index contributed by atoms with van der Waals surface area (Å²) < 4.78 is 5.52. The van der Waals surface area contributed by atoms with Gasteiger partial charge >= 0.3 is 0 Å². The molecule has 1 aromatic carbocycles. The fraction of sp³-hybridized carbons (Fsp3) is 0.462. The van der Waals surface area contributed by atoms with Crippen LogP contribution in [0.2, 0.25) is 0 Å². The number of ether oxygens (including phenoxy) is 1. The summed E-state index contributed by atoms with van der Waals surface area (Å²) in [5, 5.41) is 0. The van der Waals surface area contributed by atoms with Crippen LogP contribution in [0.25, 0.3) is 0 Å². The molecule has 15 heavy (non-hydrogen) atoms. The van der Waals surface area contributed by atoms with Gasteiger partial charge in [0.25, 0.3) is 0 Å². The zero-order chi connectivity index (χ0) is 10.7. The van der Waals surface area contributed by atoms with Crippen molar-refractivity contribution in [2.45, 2.75) is 31.3 Å². The van der Waals surface area contributed by atoms with E-state index in [0.717, 1.165) is 25.5 Å². The molecule has 1 aliphatic carbocycles. The number of carbonyl (C=O) groups is 1. The Kier molecular flexibility index (Phi) is 2.87. The van der Waals surface area contributed by atoms with Crippen LogP contribution in [0, 0.1) is 0 Å². The van der Waals surface area contributed by atoms with Crippen LogP contribution in [-0.2, 0) is 21.6 Å². The molecule has 2 nitrogen and oxygen atoms in total. The Bertz CT molecular complexity index is 353. The molecule has 0 aromatic heterocycles. The predicted molar refractivity (Wildman–Crippen MR) is 58.7 cm³/mol. The molecule has 0 atom stereocenters. The number of carbonyl (C=O) groups excluding carboxylic acids is 1. The Morgan fingerprint density at radius 1 is 1.47 bits per heavy atom. The molecule has 0 spiro atoms. The standard InChI is InChI=1S/C13H16O2/c1-15-13(7-8-13)12-6-2-4-11(10-12)5-3-9-14/h2,4,6,9-10H,3,5,7-8H2,1H3. The third-order valence-electron chi connectivity index (χ3n) is 3.10. The average Bonchev–Trinajstić information content (AvgIpc) is 3.08. The van der Waals surface area contributed by atoms with Crippen LogP contribution in [0.5, 0.6) is 0 Å². The van der Waals surface area contributed by atoms with E-state index in [2.05, 4.69) is 24.3 Å². The fourth-order valence-corrected chi connectivity index (χ4v) is 1.96. The highest BCUT2D eigenvalue weighted by molar-refractivity contribution is 5.50. The minimum absolute atomic E-state index is 0.0167. The first kappa shape index (κ1) is 10.4. The molecule has 2 heteroatoms. The average molecular weight is 204 g/mol. The van der Waals surface area contributed by atoms with Crippen molar-refractivity contribution in [2.75, 3.05) is 7.11 Å². The lowest BCUT2D eigenvalue weighted by Gasteiger charge is -2.14. The van der Waals surface area contributed by atoms with Crippen LogP contribution in [-0.4, -0.2) is 13.4 Å². The van der Waals surface area contributed by atoms with Gasteiger partial charge in [-0.25, -0.2) is 0 Å². The van der Waals surface area contributed by atoms with Gasteiger partial charge in [0.15, 0.2) is 0 Å². The zero-order valence-corrected chi connectivity index (χ0v) is 9.03. The van der Waals surface area contributed by atoms with E-state index < -0.39 is 0 Å². The van der Waals surface area contributed by atoms with E-state index in [9.17, 15) is 4.79 Å². The third kappa shape index (κ3) is 2.10. The molecular weight excluding hydrogens is 188 g/mol. The molecule has 0 aliphatic heterocycles. The van der Waals surface area contributed by atoms with E-state index in [0.29, 0.717) is 6.42 Å². The largest absolute Gasteiger partial charge is 0.374 e. The summed E-state index contributed by atoms with van der Waals surface area (Å²) in [4.78, 5) is 10.3. The highest BCUT2D eigenvalue weighted by Crippen LogP contribution is 2.48. The van der Waals surface area contributed by atoms with Gasteiger partial charge in [-0.15, -0.1) is 0 Å². The second kappa shape index (κ2) is 4.15. The van der Waals surface area contributed by atoms with E-state index in [-0.39, 0.29) is 5.60 Å². The highest BCUT2D eigenvalue weighted by atomic mass is 16.5. The number of aldehydes is 1. The number of methoxy groups -OCH3 is 1. The second-order valence-corrected chi connectivity index (χ2v) is 4.10. The number of benzene rings is 1. The summed E-state index contributed by atoms with van der Waals surface area (Å²) in [6.07, 6.45) is 4.62. The molecule has 0 unspecified atom stereocenters. The number of rotatable bonds is 5. The zero-order valence-electron chi connectivity index (χ0n) is 9.03. The van der Waals surface area contributed by atoms with E-state index in [1.54, 1.807) is 7.11 Å². The van der Waals surface area contributed by atoms with Gasteiger partial charge in [-0.1, -0.05) is 24.3 Å². The predicted octanol–water partition coefficient (Wildman–Crippen LogP) is 2.45. The number of aryl methyl sites for hydroxylation is 1. The molecule has 1 aromatic rings. The first-order valence-corrected chi connectivity index (χ1v) is 5.39. The summed E-state index contributed by atoms with van der Waals surface area (Å²) in [7, 11) is 1.77. The molecule has 0 amide bonds. The Morgan fingerprint density at radius 3 is 2.87 bits per heavy atom. The van der Waals surface area contributed by atoms with Crippen molar-refractivity contribution >= 4 is 6.29 Å². The van der Waals surface area contributed by atoms with Crippen LogP contribution in [0.15, 0.2) is 24.3 Å². The van der Waals surface area contributed by atoms with Gasteiger partial charge in [-0.2, -0.15) is 0 Å². The first-order chi connectivity index (χ1) is 7.30. The maximum Gasteiger partial charge on any atom is 0.120 e. The molecule has 2 rings (SSSR count). The Balaban J connectivity index is 2.15. The number of hydrogen-bond acceptors (Lipinski definition) is 2. The molecule has 0 radical (unpaired) electrons. The Hall–Kier alpha value is -1.15. The minimum Gasteiger partial charge on any atom is -0.374 e. The van der Waals surface area contributed by atoms with Gasteiger partial charge in [0.05, 0.1) is 5.60 Å². The highest BCUT2D eigenvalue weighted by Gasteiger charge is 2.44. The molecule has 0 N–H and O–H groups in total. The van der Waals surface area contributed by atoms with Crippen LogP contribution in [0.1, 0.15) is 30.4 Å². The van der Waals surface area contributed by atoms with Crippen molar-refractivity contribution in [2.24, 2.45) is 0 Å². The first-order valence-electron chi connectivity index (χ1n) is 5.39. The minimum atomic E-state index is -0.0167. The fourth-order valence-electron chi connectivity index (χ4n) is 1.96. The third-order valence-corrected chi connectivity index (χ3v) is 3.10. The van der Waals surface area contributed by atoms with Crippen molar-refractivity contribution < 1.29 is 9.53 Å². The summed E-state index contributed by atoms with van der Waals surface area (Å²) >= 11 is 0. The molecular formula is C13H16O2. The van der Waals surface area contributed by atoms with Gasteiger partial charge in [0.1, 0.15) is 6.29 Å². The quantitative estimate of drug-likeness (QED) is 0.689. The molecule has 1 fully saturated rings. The van der Waals surface area contributed by atoms with Gasteiger partial charge in [0.2, 0.25) is 0 Å². The maximum atomic E-state index is 10.3. The summed E-state index contributed by atoms with van der Waals surface area (Å²) in [5.41, 5.74) is 2.47. The van der Waals surface area contributed by atoms with Crippen molar-refractivity contribution in [1.29, 1.82) is 0 Å². The normalized spacial score (nSPS) is 17.4. The van der Waals surface area contributed by atoms with Gasteiger partial charge in [-0.05, 0) is 30.4 Å². The number of hydrogen-bond donors (Lipinski definition) is 0. The summed E-state index contributed by atoms with van der Waals surface area (Å²) in [6.45, 7) is 0. The van der Waals surface area contributed by atoms with Crippen molar-refractivity contribution in [3.8, 4) is 0 Å². The molecule has 1 saturated carbocycles. The smallest absolute Gasteiger partial charge is 0.120 e. The van der Waals surface area contributed by atoms with Gasteiger partial charge in [0, 0.05) is 13.5 Å². The van der Waals surface area contributed by atoms with Crippen molar-refractivity contribution in [1.82, 2.24) is 0 Å². The summed E-state index contributed by atoms with van der Waals surface area (Å²) in [5.74, 6) is 0. The lowest BCUT2D eigenvalue weighted by molar-refractivity contribution is -0.107. The Labute approximate surface area is 90.3 Å². The summed E-state index contributed by atoms with van der Waals surface area (Å²) in [6, 6.07) is 8.40. The van der Waals surface area contributed by atoms with Crippen molar-refractivity contribution in [3.05, 3.63) is 35.4 Å². The van der Waals surface area contributed by atoms with E-state index in [1.165, 1.54) is 11.1 Å². The van der Waals surface area contributed by atoms with E-state index in [4.69, 9.17) is 4.74 Å². The monoisotopic (exact) mass is 204 g/mol. The Morgan fingerprint density at radius 2 is 2.27 bits per heavy atom. The molecule has 0 heterocycles. The van der Waals surface area contributed by atoms with Crippen LogP contribution >= 0.6 is 0 Å². The van der Waals surface area contributed by atoms with Gasteiger partial charge < -0.3 is 9.53 Å². The SMILES string of the molecule is COC1(c2cccc(CCC=O)c2)CC1. The van der Waals surface area contributed by atoms with E-state index >= 15 is 0 Å². The van der Waals surface area contributed by atoms with Gasteiger partial charge in [-0.3, -0.25) is 0 Å². The molecule has 0 bridgehead atoms. The molecule has 1 aliphatic rings. The molecule has 80 valence electrons. The van der Waals surface area contributed by atoms with Crippen LogP contribution in [0.4, 0.5) is 0 Å². The van der Waals surface area contributed by atoms with E-state index in [1.807, 2.05) is 0 Å². The molecule has 0 saturated heterocycles. The topological polar surface area (TPSA) is 26.3 Å². The van der Waals surface area contributed by atoms with Crippen LogP contribution in [0.3, 0.4) is 0 Å². The van der Waals surface area contributed by atoms with Crippen LogP contribution < -0.4 is 0 Å². The lowest BCUT2D eigenvalue weighted by atomic mass is 10.0.